The molecule has 0 saturated carbocycles. The number of hydrogen-bond acceptors (Lipinski definition) is 9. The lowest BCUT2D eigenvalue weighted by molar-refractivity contribution is -0.344. The summed E-state index contributed by atoms with van der Waals surface area (Å²) in [7, 11) is -8.52. The Morgan fingerprint density at radius 3 is 1.95 bits per heavy atom. The molecule has 1 aromatic rings. The molecule has 13 heteroatoms. The first-order valence-electron chi connectivity index (χ1n) is 21.7. The van der Waals surface area contributed by atoms with Crippen LogP contribution < -0.4 is 0 Å². The maximum atomic E-state index is 12.9. The van der Waals surface area contributed by atoms with E-state index in [9.17, 15) is 8.42 Å². The summed E-state index contributed by atoms with van der Waals surface area (Å²) in [6, 6.07) is 12.9. The zero-order valence-corrected chi connectivity index (χ0v) is 41.7. The third-order valence-corrected chi connectivity index (χ3v) is 29.0. The summed E-state index contributed by atoms with van der Waals surface area (Å²) < 4.78 is 74.2. The van der Waals surface area contributed by atoms with Crippen LogP contribution in [0.3, 0.4) is 0 Å². The lowest BCUT2D eigenvalue weighted by Gasteiger charge is -2.55. The van der Waals surface area contributed by atoms with E-state index in [-0.39, 0.29) is 52.8 Å². The minimum atomic E-state index is -3.84. The van der Waals surface area contributed by atoms with Gasteiger partial charge in [-0.15, -0.1) is 0 Å². The summed E-state index contributed by atoms with van der Waals surface area (Å²) in [5.74, 6) is -1.11. The van der Waals surface area contributed by atoms with Gasteiger partial charge in [-0.3, -0.25) is 4.18 Å². The highest BCUT2D eigenvalue weighted by Gasteiger charge is 2.59. The Kier molecular flexibility index (Phi) is 18.2. The molecule has 9 nitrogen and oxygen atoms in total. The Morgan fingerprint density at radius 1 is 0.857 bits per heavy atom. The second-order valence-electron chi connectivity index (χ2n) is 18.1. The van der Waals surface area contributed by atoms with Crippen molar-refractivity contribution >= 4 is 35.1 Å². The summed E-state index contributed by atoms with van der Waals surface area (Å²) >= 11 is 0. The molecule has 0 bridgehead atoms. The molecule has 3 rings (SSSR count). The molecule has 0 aliphatic carbocycles. The molecular formula is C43H80O9SSi3. The van der Waals surface area contributed by atoms with Gasteiger partial charge in [0, 0.05) is 25.4 Å². The predicted molar refractivity (Wildman–Crippen MR) is 236 cm³/mol. The highest BCUT2D eigenvalue weighted by Crippen LogP contribution is 2.48. The van der Waals surface area contributed by atoms with E-state index in [4.69, 9.17) is 31.7 Å². The quantitative estimate of drug-likeness (QED) is 0.0641. The third-order valence-electron chi connectivity index (χ3n) is 13.9. The lowest BCUT2D eigenvalue weighted by atomic mass is 9.81. The van der Waals surface area contributed by atoms with Crippen molar-refractivity contribution in [3.8, 4) is 0 Å². The monoisotopic (exact) mass is 856 g/mol. The van der Waals surface area contributed by atoms with Crippen LogP contribution in [0.25, 0.3) is 0 Å². The highest BCUT2D eigenvalue weighted by atomic mass is 32.2. The number of aryl methyl sites for hydroxylation is 1. The van der Waals surface area contributed by atoms with Crippen molar-refractivity contribution in [2.45, 2.75) is 204 Å². The van der Waals surface area contributed by atoms with E-state index >= 15 is 0 Å². The highest BCUT2D eigenvalue weighted by molar-refractivity contribution is 7.86. The largest absolute Gasteiger partial charge is 0.495 e. The van der Waals surface area contributed by atoms with E-state index in [1.807, 2.05) is 13.2 Å². The average Bonchev–Trinajstić information content (AvgIpc) is 3.16. The first kappa shape index (κ1) is 49.5. The van der Waals surface area contributed by atoms with Crippen molar-refractivity contribution in [3.63, 3.8) is 0 Å². The topological polar surface area (TPSA) is 98.8 Å². The Balaban J connectivity index is 2.03. The number of ether oxygens (including phenoxy) is 3. The van der Waals surface area contributed by atoms with Crippen LogP contribution in [0.2, 0.25) is 54.4 Å². The van der Waals surface area contributed by atoms with Crippen LogP contribution in [0, 0.1) is 18.8 Å². The molecule has 0 amide bonds. The molecule has 2 aliphatic heterocycles. The molecule has 0 unspecified atom stereocenters. The van der Waals surface area contributed by atoms with E-state index in [0.29, 0.717) is 25.7 Å². The second kappa shape index (κ2) is 20.6. The van der Waals surface area contributed by atoms with Crippen molar-refractivity contribution in [1.29, 1.82) is 0 Å². The molecule has 0 aromatic heterocycles. The fourth-order valence-electron chi connectivity index (χ4n) is 8.12. The molecular weight excluding hydrogens is 777 g/mol. The fraction of sp³-hybridized carbons (Fsp3) is 0.814. The number of benzene rings is 1. The predicted octanol–water partition coefficient (Wildman–Crippen LogP) is 11.4. The first-order chi connectivity index (χ1) is 26.2. The van der Waals surface area contributed by atoms with Crippen LogP contribution >= 0.6 is 0 Å². The summed E-state index contributed by atoms with van der Waals surface area (Å²) in [4.78, 5) is 0.175. The minimum Gasteiger partial charge on any atom is -0.495 e. The molecule has 0 spiro atoms. The van der Waals surface area contributed by atoms with Gasteiger partial charge < -0.3 is 27.5 Å². The molecule has 1 saturated heterocycles. The number of unbranched alkanes of at least 4 members (excludes halogenated alkanes) is 1. The molecule has 2 aliphatic rings. The molecule has 1 fully saturated rings. The molecule has 56 heavy (non-hydrogen) atoms. The average molecular weight is 857 g/mol. The Morgan fingerprint density at radius 2 is 1.43 bits per heavy atom. The Labute approximate surface area is 345 Å². The van der Waals surface area contributed by atoms with Crippen LogP contribution in [-0.4, -0.2) is 83.4 Å². The smallest absolute Gasteiger partial charge is 0.296 e. The van der Waals surface area contributed by atoms with Crippen molar-refractivity contribution in [1.82, 2.24) is 0 Å². The van der Waals surface area contributed by atoms with Gasteiger partial charge in [0.05, 0.1) is 36.1 Å². The lowest BCUT2D eigenvalue weighted by Crippen LogP contribution is -2.67. The third kappa shape index (κ3) is 11.7. The molecule has 0 N–H and O–H groups in total. The van der Waals surface area contributed by atoms with Gasteiger partial charge >= 0.3 is 0 Å². The zero-order valence-electron chi connectivity index (χ0n) is 37.9. The molecule has 8 atom stereocenters. The maximum Gasteiger partial charge on any atom is 0.296 e. The molecule has 2 heterocycles. The van der Waals surface area contributed by atoms with E-state index < -0.39 is 47.0 Å². The first-order valence-corrected chi connectivity index (χ1v) is 31.1. The van der Waals surface area contributed by atoms with E-state index in [0.717, 1.165) is 41.8 Å². The Bertz CT molecular complexity index is 1460. The van der Waals surface area contributed by atoms with Crippen LogP contribution in [0.1, 0.15) is 107 Å². The van der Waals surface area contributed by atoms with E-state index in [1.165, 1.54) is 0 Å². The molecule has 324 valence electrons. The fourth-order valence-corrected chi connectivity index (χ4v) is 16.2. The van der Waals surface area contributed by atoms with Crippen molar-refractivity contribution in [2.24, 2.45) is 11.8 Å². The SMILES string of the molecule is CC[Si](CC)(CC)O[C@H]1C=CO[C@@H]([C@H](O[Si](CC)(CC)CC)[C@@]2(OC)C[C@H](O[Si](C)(C)C(C)(C)C)[C@@H](C)[C@@H](CCCCOS(=O)(=O)c3ccc(C)cc3)O2)[C@@H]1C. The van der Waals surface area contributed by atoms with Crippen molar-refractivity contribution < 1.29 is 40.1 Å². The second-order valence-corrected chi connectivity index (χ2v) is 34.0. The zero-order chi connectivity index (χ0) is 42.2. The van der Waals surface area contributed by atoms with E-state index in [2.05, 4.69) is 95.3 Å². The van der Waals surface area contributed by atoms with Gasteiger partial charge in [0.25, 0.3) is 10.1 Å². The number of methoxy groups -OCH3 is 1. The standard InChI is InChI=1S/C43H80O9SSi3/c1-16-55(17-2,18-3)51-38-29-31-47-40(35(38)9)41(52-56(19-4,20-5)21-6)43(46-13)32-39(50-54(14,15)42(10,11)12)34(8)37(49-43)24-22-23-30-48-53(44,45)36-27-25-33(7)26-28-36/h25-29,31,34-35,37-41H,16-24,30,32H2,1-15H3/t34-,35+,37+,38-,39-,40+,41-,43+/m0/s1. The summed E-state index contributed by atoms with van der Waals surface area (Å²) in [6.07, 6.45) is 5.01. The van der Waals surface area contributed by atoms with Crippen LogP contribution in [-0.2, 0) is 41.8 Å². The summed E-state index contributed by atoms with van der Waals surface area (Å²) in [6.45, 7) is 31.5. The van der Waals surface area contributed by atoms with Crippen LogP contribution in [0.5, 0.6) is 0 Å². The number of rotatable bonds is 22. The number of hydrogen-bond donors (Lipinski definition) is 0. The van der Waals surface area contributed by atoms with E-state index in [1.54, 1.807) is 31.4 Å². The minimum absolute atomic E-state index is 0.00566. The summed E-state index contributed by atoms with van der Waals surface area (Å²) in [5, 5.41) is 0.00566. The maximum absolute atomic E-state index is 12.9. The van der Waals surface area contributed by atoms with Gasteiger partial charge in [0.15, 0.2) is 30.7 Å². The van der Waals surface area contributed by atoms with Crippen LogP contribution in [0.4, 0.5) is 0 Å². The van der Waals surface area contributed by atoms with Gasteiger partial charge in [-0.2, -0.15) is 8.42 Å². The summed E-state index contributed by atoms with van der Waals surface area (Å²) in [5.41, 5.74) is 0.996. The molecule has 0 radical (unpaired) electrons. The van der Waals surface area contributed by atoms with Gasteiger partial charge in [0.2, 0.25) is 0 Å². The van der Waals surface area contributed by atoms with Gasteiger partial charge in [-0.25, -0.2) is 0 Å². The Hall–Kier alpha value is -0.879. The van der Waals surface area contributed by atoms with Crippen molar-refractivity contribution in [2.75, 3.05) is 13.7 Å². The van der Waals surface area contributed by atoms with Crippen LogP contribution in [0.15, 0.2) is 41.5 Å². The van der Waals surface area contributed by atoms with Gasteiger partial charge in [-0.05, 0) is 98.8 Å². The normalized spacial score (nSPS) is 27.3. The van der Waals surface area contributed by atoms with Crippen molar-refractivity contribution in [3.05, 3.63) is 42.2 Å². The van der Waals surface area contributed by atoms with Gasteiger partial charge in [-0.1, -0.05) is 93.9 Å². The van der Waals surface area contributed by atoms with Gasteiger partial charge in [0.1, 0.15) is 12.2 Å². The molecule has 1 aromatic carbocycles.